The van der Waals surface area contributed by atoms with Crippen LogP contribution in [0.2, 0.25) is 0 Å². The van der Waals surface area contributed by atoms with E-state index >= 15 is 0 Å². The standard InChI is InChI=1S/C29H27N5O5/c30-28(36)29(38-15-16-39-29)24(17-19-7-2-1-3-8-19)32-27(35)22-10-6-13-31-26(22)34-18-20-12-14-37-23-11-5-4-9-21(23)25(20)33-34/h1-11,13,18,24H,12,14-17H2,(H2,30,36)(H,32,35). The first-order chi connectivity index (χ1) is 19.0. The van der Waals surface area contributed by atoms with Crippen LogP contribution in [0.1, 0.15) is 21.5 Å². The number of nitrogens with zero attached hydrogens (tertiary/aromatic N) is 3. The second-order valence-electron chi connectivity index (χ2n) is 9.36. The predicted octanol–water partition coefficient (Wildman–Crippen LogP) is 2.44. The molecule has 10 nitrogen and oxygen atoms in total. The number of fused-ring (bicyclic) bond motifs is 3. The molecule has 0 radical (unpaired) electrons. The van der Waals surface area contributed by atoms with Gasteiger partial charge in [0.1, 0.15) is 5.75 Å². The number of nitrogens with one attached hydrogen (secondary N) is 1. The summed E-state index contributed by atoms with van der Waals surface area (Å²) in [7, 11) is 0. The molecule has 2 aliphatic rings. The van der Waals surface area contributed by atoms with Gasteiger partial charge in [0.05, 0.1) is 37.1 Å². The molecule has 2 aliphatic heterocycles. The van der Waals surface area contributed by atoms with Crippen molar-refractivity contribution in [3.8, 4) is 22.8 Å². The summed E-state index contributed by atoms with van der Waals surface area (Å²) in [5.41, 5.74) is 9.55. The van der Waals surface area contributed by atoms with Gasteiger partial charge in [0.15, 0.2) is 5.82 Å². The van der Waals surface area contributed by atoms with Crippen LogP contribution in [-0.4, -0.2) is 58.2 Å². The Labute approximate surface area is 224 Å². The van der Waals surface area contributed by atoms with Crippen molar-refractivity contribution < 1.29 is 23.8 Å². The van der Waals surface area contributed by atoms with Gasteiger partial charge < -0.3 is 25.3 Å². The Morgan fingerprint density at radius 1 is 1.00 bits per heavy atom. The van der Waals surface area contributed by atoms with Crippen LogP contribution in [0.4, 0.5) is 0 Å². The van der Waals surface area contributed by atoms with Crippen LogP contribution in [0, 0.1) is 0 Å². The topological polar surface area (TPSA) is 131 Å². The Kier molecular flexibility index (Phi) is 6.55. The van der Waals surface area contributed by atoms with Gasteiger partial charge in [0.2, 0.25) is 0 Å². The molecule has 4 aromatic rings. The van der Waals surface area contributed by atoms with Crippen LogP contribution in [-0.2, 0) is 27.1 Å². The van der Waals surface area contributed by atoms with Crippen molar-refractivity contribution in [3.63, 3.8) is 0 Å². The van der Waals surface area contributed by atoms with Crippen LogP contribution in [0.5, 0.6) is 5.75 Å². The molecule has 1 saturated heterocycles. The molecule has 3 N–H and O–H groups in total. The van der Waals surface area contributed by atoms with E-state index in [1.54, 1.807) is 23.0 Å². The number of aromatic nitrogens is 3. The number of benzene rings is 2. The zero-order chi connectivity index (χ0) is 26.8. The lowest BCUT2D eigenvalue weighted by atomic mass is 9.97. The molecule has 1 atom stereocenters. The van der Waals surface area contributed by atoms with Crippen LogP contribution in [0.3, 0.4) is 0 Å². The van der Waals surface area contributed by atoms with Gasteiger partial charge in [-0.15, -0.1) is 0 Å². The van der Waals surface area contributed by atoms with Crippen LogP contribution in [0.25, 0.3) is 17.1 Å². The average molecular weight is 526 g/mol. The fraction of sp³-hybridized carbons (Fsp3) is 0.241. The van der Waals surface area contributed by atoms with Crippen LogP contribution < -0.4 is 15.8 Å². The highest BCUT2D eigenvalue weighted by molar-refractivity contribution is 5.98. The second kappa shape index (κ2) is 10.3. The maximum atomic E-state index is 13.8. The molecule has 1 unspecified atom stereocenters. The molecule has 2 amide bonds. The number of pyridine rings is 1. The largest absolute Gasteiger partial charge is 0.493 e. The highest BCUT2D eigenvalue weighted by atomic mass is 16.7. The van der Waals surface area contributed by atoms with E-state index in [2.05, 4.69) is 10.3 Å². The van der Waals surface area contributed by atoms with Gasteiger partial charge in [-0.1, -0.05) is 42.5 Å². The predicted molar refractivity (Wildman–Crippen MR) is 141 cm³/mol. The van der Waals surface area contributed by atoms with Gasteiger partial charge in [-0.3, -0.25) is 9.59 Å². The van der Waals surface area contributed by atoms with Crippen molar-refractivity contribution in [2.45, 2.75) is 24.7 Å². The molecule has 2 aromatic heterocycles. The lowest BCUT2D eigenvalue weighted by Crippen LogP contribution is -2.61. The fourth-order valence-electron chi connectivity index (χ4n) is 5.05. The summed E-state index contributed by atoms with van der Waals surface area (Å²) in [4.78, 5) is 30.9. The number of ether oxygens (including phenoxy) is 3. The van der Waals surface area contributed by atoms with Gasteiger partial charge >= 0.3 is 0 Å². The number of carbonyl (C=O) groups is 2. The van der Waals surface area contributed by atoms with Gasteiger partial charge in [0.25, 0.3) is 17.6 Å². The van der Waals surface area contributed by atoms with E-state index in [0.29, 0.717) is 18.8 Å². The molecular weight excluding hydrogens is 498 g/mol. The fourth-order valence-corrected chi connectivity index (χ4v) is 5.05. The van der Waals surface area contributed by atoms with Crippen molar-refractivity contribution in [1.82, 2.24) is 20.1 Å². The first kappa shape index (κ1) is 24.8. The molecule has 0 spiro atoms. The van der Waals surface area contributed by atoms with Crippen molar-refractivity contribution in [2.24, 2.45) is 5.73 Å². The van der Waals surface area contributed by atoms with Gasteiger partial charge in [0, 0.05) is 29.9 Å². The van der Waals surface area contributed by atoms with Crippen LogP contribution in [0.15, 0.2) is 79.1 Å². The molecule has 0 saturated carbocycles. The van der Waals surface area contributed by atoms with Crippen molar-refractivity contribution in [1.29, 1.82) is 0 Å². The monoisotopic (exact) mass is 525 g/mol. The first-order valence-electron chi connectivity index (χ1n) is 12.7. The molecule has 4 heterocycles. The normalized spacial score (nSPS) is 16.3. The molecule has 6 rings (SSSR count). The molecule has 0 bridgehead atoms. The molecule has 1 fully saturated rings. The van der Waals surface area contributed by atoms with E-state index in [1.807, 2.05) is 60.8 Å². The zero-order valence-electron chi connectivity index (χ0n) is 21.1. The summed E-state index contributed by atoms with van der Waals surface area (Å²) in [5.74, 6) is -1.95. The highest BCUT2D eigenvalue weighted by Gasteiger charge is 2.51. The smallest absolute Gasteiger partial charge is 0.280 e. The van der Waals surface area contributed by atoms with E-state index in [1.165, 1.54) is 0 Å². The highest BCUT2D eigenvalue weighted by Crippen LogP contribution is 2.34. The summed E-state index contributed by atoms with van der Waals surface area (Å²) in [5, 5.41) is 7.75. The van der Waals surface area contributed by atoms with Crippen molar-refractivity contribution in [3.05, 3.63) is 95.8 Å². The van der Waals surface area contributed by atoms with E-state index in [9.17, 15) is 9.59 Å². The van der Waals surface area contributed by atoms with Crippen molar-refractivity contribution in [2.75, 3.05) is 19.8 Å². The number of para-hydroxylation sites is 1. The van der Waals surface area contributed by atoms with Gasteiger partial charge in [-0.25, -0.2) is 9.67 Å². The quantitative estimate of drug-likeness (QED) is 0.379. The number of amides is 2. The molecular formula is C29H27N5O5. The summed E-state index contributed by atoms with van der Waals surface area (Å²) in [6.07, 6.45) is 4.40. The Hall–Kier alpha value is -4.54. The molecule has 2 aromatic carbocycles. The van der Waals surface area contributed by atoms with Crippen LogP contribution >= 0.6 is 0 Å². The SMILES string of the molecule is NC(=O)C1(C(Cc2ccccc2)NC(=O)c2cccnc2-n2cc3c(n2)-c2ccccc2OCC3)OCCO1. The first-order valence-corrected chi connectivity index (χ1v) is 12.7. The summed E-state index contributed by atoms with van der Waals surface area (Å²) >= 11 is 0. The maximum absolute atomic E-state index is 13.8. The van der Waals surface area contributed by atoms with Crippen molar-refractivity contribution >= 4 is 11.8 Å². The summed E-state index contributed by atoms with van der Waals surface area (Å²) < 4.78 is 19.0. The van der Waals surface area contributed by atoms with E-state index in [4.69, 9.17) is 25.0 Å². The van der Waals surface area contributed by atoms with E-state index in [-0.39, 0.29) is 25.2 Å². The molecule has 0 aliphatic carbocycles. The number of carbonyl (C=O) groups excluding carboxylic acids is 2. The average Bonchev–Trinajstić information content (AvgIpc) is 3.59. The minimum absolute atomic E-state index is 0.187. The number of hydrogen-bond acceptors (Lipinski definition) is 7. The second-order valence-corrected chi connectivity index (χ2v) is 9.36. The van der Waals surface area contributed by atoms with E-state index < -0.39 is 23.6 Å². The lowest BCUT2D eigenvalue weighted by molar-refractivity contribution is -0.189. The van der Waals surface area contributed by atoms with Gasteiger partial charge in [-0.05, 0) is 36.2 Å². The minimum Gasteiger partial charge on any atom is -0.493 e. The molecule has 39 heavy (non-hydrogen) atoms. The maximum Gasteiger partial charge on any atom is 0.280 e. The molecule has 10 heteroatoms. The third-order valence-corrected chi connectivity index (χ3v) is 6.92. The number of nitrogens with two attached hydrogens (primary N) is 1. The lowest BCUT2D eigenvalue weighted by Gasteiger charge is -2.33. The Bertz CT molecular complexity index is 1510. The number of primary amides is 1. The molecule has 198 valence electrons. The third-order valence-electron chi connectivity index (χ3n) is 6.92. The van der Waals surface area contributed by atoms with Gasteiger partial charge in [-0.2, -0.15) is 5.10 Å². The zero-order valence-corrected chi connectivity index (χ0v) is 21.1. The third kappa shape index (κ3) is 4.64. The summed E-state index contributed by atoms with van der Waals surface area (Å²) in [6, 6.07) is 19.6. The Balaban J connectivity index is 1.35. The Morgan fingerprint density at radius 2 is 1.77 bits per heavy atom. The minimum atomic E-state index is -1.79. The Morgan fingerprint density at radius 3 is 2.56 bits per heavy atom. The number of rotatable bonds is 7. The number of hydrogen-bond donors (Lipinski definition) is 2. The summed E-state index contributed by atoms with van der Waals surface area (Å²) in [6.45, 7) is 0.889. The van der Waals surface area contributed by atoms with E-state index in [0.717, 1.165) is 28.1 Å².